The third kappa shape index (κ3) is 3.99. The van der Waals surface area contributed by atoms with E-state index >= 15 is 0 Å². The van der Waals surface area contributed by atoms with Gasteiger partial charge in [0.05, 0.1) is 17.8 Å². The molecule has 0 radical (unpaired) electrons. The van der Waals surface area contributed by atoms with Crippen LogP contribution in [0.3, 0.4) is 0 Å². The second-order valence-electron chi connectivity index (χ2n) is 3.48. The number of hydrogen-bond acceptors (Lipinski definition) is 3. The molecule has 0 bridgehead atoms. The van der Waals surface area contributed by atoms with Crippen molar-refractivity contribution in [3.63, 3.8) is 0 Å². The molecule has 16 heavy (non-hydrogen) atoms. The van der Waals surface area contributed by atoms with Gasteiger partial charge >= 0.3 is 0 Å². The summed E-state index contributed by atoms with van der Waals surface area (Å²) in [5.74, 6) is 1.74. The van der Waals surface area contributed by atoms with Crippen molar-refractivity contribution in [1.82, 2.24) is 0 Å². The fraction of sp³-hybridized carbons (Fsp3) is 0.455. The zero-order valence-electron chi connectivity index (χ0n) is 9.59. The van der Waals surface area contributed by atoms with Crippen LogP contribution in [0.1, 0.15) is 12.5 Å². The molecule has 1 unspecified atom stereocenters. The van der Waals surface area contributed by atoms with Gasteiger partial charge in [-0.1, -0.05) is 0 Å². The van der Waals surface area contributed by atoms with Crippen molar-refractivity contribution in [3.8, 4) is 11.5 Å². The molecule has 0 saturated carbocycles. The lowest BCUT2D eigenvalue weighted by Gasteiger charge is -2.13. The molecule has 1 aromatic carbocycles. The first-order valence-electron chi connectivity index (χ1n) is 4.74. The Labute approximate surface area is 116 Å². The Morgan fingerprint density at radius 1 is 1.25 bits per heavy atom. The standard InChI is InChI=1S/C11H16INO2.ClH/c1-7(13)4-8-5-11(15-3)9(12)6-10(8)14-2;/h5-7H,4,13H2,1-3H3;1H/p-1. The van der Waals surface area contributed by atoms with E-state index in [1.807, 2.05) is 19.1 Å². The summed E-state index contributed by atoms with van der Waals surface area (Å²) in [5.41, 5.74) is 6.87. The fourth-order valence-electron chi connectivity index (χ4n) is 1.43. The predicted molar refractivity (Wildman–Crippen MR) is 69.6 cm³/mol. The van der Waals surface area contributed by atoms with Crippen LogP contribution in [0.2, 0.25) is 0 Å². The minimum absolute atomic E-state index is 0. The molecule has 0 aliphatic carbocycles. The highest BCUT2D eigenvalue weighted by Gasteiger charge is 2.10. The van der Waals surface area contributed by atoms with Crippen LogP contribution in [0, 0.1) is 3.57 Å². The van der Waals surface area contributed by atoms with E-state index in [-0.39, 0.29) is 18.4 Å². The second kappa shape index (κ2) is 7.19. The smallest absolute Gasteiger partial charge is 0.132 e. The number of halogens is 2. The van der Waals surface area contributed by atoms with Crippen molar-refractivity contribution in [3.05, 3.63) is 21.3 Å². The molecule has 0 aromatic heterocycles. The van der Waals surface area contributed by atoms with Gasteiger partial charge in [0, 0.05) is 6.04 Å². The zero-order chi connectivity index (χ0) is 11.4. The van der Waals surface area contributed by atoms with Crippen LogP contribution in [-0.2, 0) is 6.42 Å². The van der Waals surface area contributed by atoms with Gasteiger partial charge < -0.3 is 27.6 Å². The molecule has 0 fully saturated rings. The van der Waals surface area contributed by atoms with Gasteiger partial charge in [0.25, 0.3) is 0 Å². The fourth-order valence-corrected chi connectivity index (χ4v) is 2.09. The molecule has 0 aliphatic rings. The first-order chi connectivity index (χ1) is 7.08. The van der Waals surface area contributed by atoms with E-state index < -0.39 is 0 Å². The average Bonchev–Trinajstić information content (AvgIpc) is 2.19. The van der Waals surface area contributed by atoms with Gasteiger partial charge in [-0.25, -0.2) is 0 Å². The maximum absolute atomic E-state index is 5.78. The van der Waals surface area contributed by atoms with Gasteiger partial charge in [-0.2, -0.15) is 0 Å². The van der Waals surface area contributed by atoms with Crippen LogP contribution >= 0.6 is 22.6 Å². The molecule has 3 nitrogen and oxygen atoms in total. The zero-order valence-corrected chi connectivity index (χ0v) is 12.5. The molecule has 0 amide bonds. The van der Waals surface area contributed by atoms with Crippen LogP contribution in [0.4, 0.5) is 0 Å². The van der Waals surface area contributed by atoms with E-state index in [2.05, 4.69) is 22.6 Å². The van der Waals surface area contributed by atoms with Crippen molar-refractivity contribution >= 4 is 22.6 Å². The molecular formula is C11H16ClINO2-. The van der Waals surface area contributed by atoms with Gasteiger partial charge in [0.2, 0.25) is 0 Å². The molecule has 1 rings (SSSR count). The molecular weight excluding hydrogens is 340 g/mol. The monoisotopic (exact) mass is 356 g/mol. The van der Waals surface area contributed by atoms with E-state index in [4.69, 9.17) is 15.2 Å². The number of nitrogens with two attached hydrogens (primary N) is 1. The first kappa shape index (κ1) is 15.8. The summed E-state index contributed by atoms with van der Waals surface area (Å²) >= 11 is 2.22. The van der Waals surface area contributed by atoms with Crippen LogP contribution in [0.5, 0.6) is 11.5 Å². The van der Waals surface area contributed by atoms with Crippen molar-refractivity contribution in [2.75, 3.05) is 14.2 Å². The topological polar surface area (TPSA) is 44.5 Å². The number of ether oxygens (including phenoxy) is 2. The highest BCUT2D eigenvalue weighted by molar-refractivity contribution is 14.1. The highest BCUT2D eigenvalue weighted by atomic mass is 127. The van der Waals surface area contributed by atoms with Crippen molar-refractivity contribution in [2.45, 2.75) is 19.4 Å². The Hall–Kier alpha value is -0.200. The lowest BCUT2D eigenvalue weighted by Crippen LogP contribution is -3.00. The van der Waals surface area contributed by atoms with Crippen molar-refractivity contribution in [1.29, 1.82) is 0 Å². The summed E-state index contributed by atoms with van der Waals surface area (Å²) in [6.45, 7) is 1.98. The maximum Gasteiger partial charge on any atom is 0.132 e. The summed E-state index contributed by atoms with van der Waals surface area (Å²) in [6, 6.07) is 4.07. The number of rotatable bonds is 4. The van der Waals surface area contributed by atoms with Crippen molar-refractivity contribution < 1.29 is 21.9 Å². The summed E-state index contributed by atoms with van der Waals surface area (Å²) < 4.78 is 11.6. The third-order valence-electron chi connectivity index (χ3n) is 2.10. The van der Waals surface area contributed by atoms with Crippen LogP contribution in [0.25, 0.3) is 0 Å². The van der Waals surface area contributed by atoms with E-state index in [1.165, 1.54) is 0 Å². The Morgan fingerprint density at radius 3 is 2.25 bits per heavy atom. The van der Waals surface area contributed by atoms with E-state index in [0.717, 1.165) is 27.1 Å². The molecule has 92 valence electrons. The molecule has 0 spiro atoms. The SMILES string of the molecule is COc1cc(CC(C)N)c(OC)cc1I.[Cl-]. The Morgan fingerprint density at radius 2 is 1.81 bits per heavy atom. The van der Waals surface area contributed by atoms with Gasteiger partial charge in [-0.05, 0) is 53.6 Å². The van der Waals surface area contributed by atoms with E-state index in [1.54, 1.807) is 14.2 Å². The van der Waals surface area contributed by atoms with Gasteiger partial charge in [0.15, 0.2) is 0 Å². The molecule has 0 aliphatic heterocycles. The average molecular weight is 357 g/mol. The van der Waals surface area contributed by atoms with Gasteiger partial charge in [-0.15, -0.1) is 0 Å². The molecule has 0 saturated heterocycles. The highest BCUT2D eigenvalue weighted by Crippen LogP contribution is 2.30. The summed E-state index contributed by atoms with van der Waals surface area (Å²) in [5, 5.41) is 0. The molecule has 1 aromatic rings. The quantitative estimate of drug-likeness (QED) is 0.719. The molecule has 2 N–H and O–H groups in total. The largest absolute Gasteiger partial charge is 1.00 e. The number of methoxy groups -OCH3 is 2. The molecule has 0 heterocycles. The summed E-state index contributed by atoms with van der Waals surface area (Å²) in [7, 11) is 3.34. The van der Waals surface area contributed by atoms with E-state index in [0.29, 0.717) is 0 Å². The lowest BCUT2D eigenvalue weighted by atomic mass is 10.1. The third-order valence-corrected chi connectivity index (χ3v) is 2.94. The minimum atomic E-state index is 0. The normalized spacial score (nSPS) is 11.6. The van der Waals surface area contributed by atoms with Crippen LogP contribution in [0.15, 0.2) is 12.1 Å². The van der Waals surface area contributed by atoms with Crippen LogP contribution < -0.4 is 27.6 Å². The molecule has 1 atom stereocenters. The second-order valence-corrected chi connectivity index (χ2v) is 4.64. The predicted octanol–water partition coefficient (Wildman–Crippen LogP) is -0.798. The minimum Gasteiger partial charge on any atom is -1.00 e. The first-order valence-corrected chi connectivity index (χ1v) is 5.82. The Balaban J connectivity index is 0.00000225. The Kier molecular flexibility index (Phi) is 7.10. The van der Waals surface area contributed by atoms with Crippen LogP contribution in [-0.4, -0.2) is 20.3 Å². The molecule has 5 heteroatoms. The van der Waals surface area contributed by atoms with Gasteiger partial charge in [-0.3, -0.25) is 0 Å². The number of benzene rings is 1. The Bertz CT molecular complexity index is 345. The lowest BCUT2D eigenvalue weighted by molar-refractivity contribution is -0.00000387. The van der Waals surface area contributed by atoms with E-state index in [9.17, 15) is 0 Å². The maximum atomic E-state index is 5.78. The summed E-state index contributed by atoms with van der Waals surface area (Å²) in [4.78, 5) is 0. The number of hydrogen-bond donors (Lipinski definition) is 1. The van der Waals surface area contributed by atoms with Gasteiger partial charge in [0.1, 0.15) is 11.5 Å². The van der Waals surface area contributed by atoms with Crippen molar-refractivity contribution in [2.24, 2.45) is 5.73 Å². The summed E-state index contributed by atoms with van der Waals surface area (Å²) in [6.07, 6.45) is 0.788.